The molecule has 0 fully saturated rings. The van der Waals surface area contributed by atoms with E-state index in [0.717, 1.165) is 16.3 Å². The predicted molar refractivity (Wildman–Crippen MR) is 75.0 cm³/mol. The van der Waals surface area contributed by atoms with Gasteiger partial charge < -0.3 is 5.73 Å². The lowest BCUT2D eigenvalue weighted by Crippen LogP contribution is -2.36. The number of nitriles is 1. The monoisotopic (exact) mass is 268 g/mol. The summed E-state index contributed by atoms with van der Waals surface area (Å²) in [6, 6.07) is 9.94. The molecule has 1 aromatic carbocycles. The SMILES string of the molecule is CC(CC(C)(N)C#N)SCc1ccccc1Cl. The molecule has 0 heterocycles. The van der Waals surface area contributed by atoms with Crippen LogP contribution in [-0.2, 0) is 5.75 Å². The van der Waals surface area contributed by atoms with E-state index >= 15 is 0 Å². The van der Waals surface area contributed by atoms with E-state index in [1.165, 1.54) is 0 Å². The van der Waals surface area contributed by atoms with Crippen LogP contribution in [0.5, 0.6) is 0 Å². The van der Waals surface area contributed by atoms with E-state index < -0.39 is 5.54 Å². The smallest absolute Gasteiger partial charge is 0.102 e. The van der Waals surface area contributed by atoms with Crippen LogP contribution in [0.4, 0.5) is 0 Å². The second kappa shape index (κ2) is 6.30. The molecule has 2 atom stereocenters. The van der Waals surface area contributed by atoms with E-state index in [1.807, 2.05) is 24.3 Å². The summed E-state index contributed by atoms with van der Waals surface area (Å²) >= 11 is 7.85. The maximum atomic E-state index is 8.87. The summed E-state index contributed by atoms with van der Waals surface area (Å²) < 4.78 is 0. The lowest BCUT2D eigenvalue weighted by molar-refractivity contribution is 0.545. The van der Waals surface area contributed by atoms with Crippen LogP contribution >= 0.6 is 23.4 Å². The van der Waals surface area contributed by atoms with Crippen molar-refractivity contribution < 1.29 is 0 Å². The molecule has 0 spiro atoms. The van der Waals surface area contributed by atoms with Gasteiger partial charge in [-0.15, -0.1) is 0 Å². The minimum Gasteiger partial charge on any atom is -0.314 e. The first-order valence-electron chi connectivity index (χ1n) is 5.50. The zero-order valence-electron chi connectivity index (χ0n) is 10.1. The van der Waals surface area contributed by atoms with Crippen molar-refractivity contribution in [1.82, 2.24) is 0 Å². The van der Waals surface area contributed by atoms with Gasteiger partial charge in [-0.1, -0.05) is 36.7 Å². The maximum Gasteiger partial charge on any atom is 0.102 e. The Morgan fingerprint density at radius 3 is 2.76 bits per heavy atom. The third-order valence-electron chi connectivity index (χ3n) is 2.45. The molecule has 1 rings (SSSR count). The Balaban J connectivity index is 2.47. The first-order valence-corrected chi connectivity index (χ1v) is 6.92. The normalized spacial score (nSPS) is 15.9. The fourth-order valence-electron chi connectivity index (χ4n) is 1.55. The molecule has 17 heavy (non-hydrogen) atoms. The Kier molecular flexibility index (Phi) is 5.32. The highest BCUT2D eigenvalue weighted by molar-refractivity contribution is 7.99. The van der Waals surface area contributed by atoms with Gasteiger partial charge >= 0.3 is 0 Å². The molecule has 1 aromatic rings. The highest BCUT2D eigenvalue weighted by Crippen LogP contribution is 2.26. The van der Waals surface area contributed by atoms with Gasteiger partial charge in [0.15, 0.2) is 0 Å². The molecular weight excluding hydrogens is 252 g/mol. The van der Waals surface area contributed by atoms with Gasteiger partial charge in [-0.25, -0.2) is 0 Å². The van der Waals surface area contributed by atoms with Crippen molar-refractivity contribution in [2.45, 2.75) is 36.8 Å². The standard InChI is InChI=1S/C13H17ClN2S/c1-10(7-13(2,16)9-15)17-8-11-5-3-4-6-12(11)14/h3-6,10H,7-8,16H2,1-2H3. The first-order chi connectivity index (χ1) is 7.94. The summed E-state index contributed by atoms with van der Waals surface area (Å²) in [5, 5.41) is 10.00. The molecule has 92 valence electrons. The maximum absolute atomic E-state index is 8.87. The zero-order chi connectivity index (χ0) is 12.9. The summed E-state index contributed by atoms with van der Waals surface area (Å²) in [6.45, 7) is 3.85. The van der Waals surface area contributed by atoms with E-state index in [1.54, 1.807) is 18.7 Å². The summed E-state index contributed by atoms with van der Waals surface area (Å²) in [5.41, 5.74) is 6.20. The number of halogens is 1. The molecule has 0 aliphatic carbocycles. The molecule has 0 amide bonds. The summed E-state index contributed by atoms with van der Waals surface area (Å²) in [5.74, 6) is 0.850. The number of rotatable bonds is 5. The average Bonchev–Trinajstić information content (AvgIpc) is 2.27. The molecule has 2 unspecified atom stereocenters. The van der Waals surface area contributed by atoms with E-state index in [9.17, 15) is 0 Å². The Bertz CT molecular complexity index is 412. The van der Waals surface area contributed by atoms with Crippen molar-refractivity contribution >= 4 is 23.4 Å². The molecular formula is C13H17ClN2S. The molecule has 0 aromatic heterocycles. The Morgan fingerprint density at radius 1 is 1.53 bits per heavy atom. The van der Waals surface area contributed by atoms with Crippen LogP contribution in [0.15, 0.2) is 24.3 Å². The van der Waals surface area contributed by atoms with Crippen LogP contribution in [0.25, 0.3) is 0 Å². The van der Waals surface area contributed by atoms with Gasteiger partial charge in [-0.2, -0.15) is 17.0 Å². The average molecular weight is 269 g/mol. The summed E-state index contributed by atoms with van der Waals surface area (Å²) in [4.78, 5) is 0. The van der Waals surface area contributed by atoms with Crippen molar-refractivity contribution in [3.63, 3.8) is 0 Å². The topological polar surface area (TPSA) is 49.8 Å². The van der Waals surface area contributed by atoms with Gasteiger partial charge in [0, 0.05) is 16.0 Å². The van der Waals surface area contributed by atoms with Crippen molar-refractivity contribution in [3.8, 4) is 6.07 Å². The molecule has 2 N–H and O–H groups in total. The largest absolute Gasteiger partial charge is 0.314 e. The van der Waals surface area contributed by atoms with Gasteiger partial charge in [0.05, 0.1) is 6.07 Å². The van der Waals surface area contributed by atoms with Crippen molar-refractivity contribution in [1.29, 1.82) is 5.26 Å². The fourth-order valence-corrected chi connectivity index (χ4v) is 3.01. The van der Waals surface area contributed by atoms with Gasteiger partial charge in [0.2, 0.25) is 0 Å². The van der Waals surface area contributed by atoms with Crippen LogP contribution in [0.1, 0.15) is 25.8 Å². The summed E-state index contributed by atoms with van der Waals surface area (Å²) in [7, 11) is 0. The molecule has 0 aliphatic rings. The number of thioether (sulfide) groups is 1. The summed E-state index contributed by atoms with van der Waals surface area (Å²) in [6.07, 6.45) is 0.679. The lowest BCUT2D eigenvalue weighted by atomic mass is 10.00. The van der Waals surface area contributed by atoms with Crippen LogP contribution in [0.3, 0.4) is 0 Å². The van der Waals surface area contributed by atoms with E-state index in [-0.39, 0.29) is 0 Å². The molecule has 0 saturated heterocycles. The molecule has 4 heteroatoms. The first kappa shape index (κ1) is 14.4. The minimum absolute atomic E-state index is 0.334. The molecule has 0 radical (unpaired) electrons. The molecule has 0 aliphatic heterocycles. The van der Waals surface area contributed by atoms with Crippen LogP contribution in [-0.4, -0.2) is 10.8 Å². The number of benzene rings is 1. The van der Waals surface area contributed by atoms with Crippen molar-refractivity contribution in [2.75, 3.05) is 0 Å². The highest BCUT2D eigenvalue weighted by Gasteiger charge is 2.21. The predicted octanol–water partition coefficient (Wildman–Crippen LogP) is 3.59. The van der Waals surface area contributed by atoms with Crippen LogP contribution < -0.4 is 5.73 Å². The van der Waals surface area contributed by atoms with Crippen LogP contribution in [0.2, 0.25) is 5.02 Å². The fraction of sp³-hybridized carbons (Fsp3) is 0.462. The Labute approximate surface area is 112 Å². The number of nitrogens with zero attached hydrogens (tertiary/aromatic N) is 1. The van der Waals surface area contributed by atoms with Gasteiger partial charge in [-0.05, 0) is 25.0 Å². The van der Waals surface area contributed by atoms with Crippen LogP contribution in [0, 0.1) is 11.3 Å². The number of nitrogens with two attached hydrogens (primary N) is 1. The van der Waals surface area contributed by atoms with Gasteiger partial charge in [0.1, 0.15) is 5.54 Å². The van der Waals surface area contributed by atoms with E-state index in [0.29, 0.717) is 11.7 Å². The van der Waals surface area contributed by atoms with Crippen molar-refractivity contribution in [2.24, 2.45) is 5.73 Å². The molecule has 2 nitrogen and oxygen atoms in total. The van der Waals surface area contributed by atoms with Crippen molar-refractivity contribution in [3.05, 3.63) is 34.9 Å². The number of hydrogen-bond donors (Lipinski definition) is 1. The van der Waals surface area contributed by atoms with E-state index in [4.69, 9.17) is 22.6 Å². The third kappa shape index (κ3) is 4.99. The second-order valence-corrected chi connectivity index (χ2v) is 6.28. The zero-order valence-corrected chi connectivity index (χ0v) is 11.7. The molecule has 0 saturated carbocycles. The molecule has 0 bridgehead atoms. The minimum atomic E-state index is -0.743. The van der Waals surface area contributed by atoms with E-state index in [2.05, 4.69) is 13.0 Å². The Morgan fingerprint density at radius 2 is 2.18 bits per heavy atom. The van der Waals surface area contributed by atoms with Gasteiger partial charge in [0.25, 0.3) is 0 Å². The third-order valence-corrected chi connectivity index (χ3v) is 4.03. The second-order valence-electron chi connectivity index (χ2n) is 4.45. The Hall–Kier alpha value is -0.690. The van der Waals surface area contributed by atoms with Gasteiger partial charge in [-0.3, -0.25) is 0 Å². The highest BCUT2D eigenvalue weighted by atomic mass is 35.5. The lowest BCUT2D eigenvalue weighted by Gasteiger charge is -2.20. The quantitative estimate of drug-likeness (QED) is 0.888. The number of hydrogen-bond acceptors (Lipinski definition) is 3.